The molecule has 0 aromatic heterocycles. The fourth-order valence-electron chi connectivity index (χ4n) is 15.0. The molecule has 0 heterocycles. The first-order chi connectivity index (χ1) is 15.2. The Morgan fingerprint density at radius 1 is 0.676 bits per heavy atom. The molecule has 0 aromatic rings. The summed E-state index contributed by atoms with van der Waals surface area (Å²) in [7, 11) is 0. The zero-order chi connectivity index (χ0) is 25.1. The molecular weight excluding hydrogens is 458 g/mol. The molecule has 4 spiro atoms. The van der Waals surface area contributed by atoms with Gasteiger partial charge < -0.3 is 10.2 Å². The maximum Gasteiger partial charge on any atom is 0.426 e. The summed E-state index contributed by atoms with van der Waals surface area (Å²) < 4.78 is 81.2. The van der Waals surface area contributed by atoms with Gasteiger partial charge >= 0.3 is 12.4 Å². The number of halogens is 6. The van der Waals surface area contributed by atoms with Crippen LogP contribution in [0.3, 0.4) is 0 Å². The molecule has 8 saturated carbocycles. The van der Waals surface area contributed by atoms with Crippen molar-refractivity contribution in [3.8, 4) is 0 Å². The van der Waals surface area contributed by atoms with Crippen molar-refractivity contribution in [2.75, 3.05) is 0 Å². The van der Waals surface area contributed by atoms with Gasteiger partial charge in [0.1, 0.15) is 0 Å². The van der Waals surface area contributed by atoms with Crippen molar-refractivity contribution < 1.29 is 36.6 Å². The SMILES string of the molecule is CC1(C)C2C3C(C)(C4(C)C5C6C(C)(C)C67C(CC(O)(C(F)(F)F)C(F)(F)F)CC547)C34C(O)CC214. The van der Waals surface area contributed by atoms with E-state index in [1.807, 2.05) is 13.8 Å². The van der Waals surface area contributed by atoms with Crippen LogP contribution in [0.15, 0.2) is 0 Å². The Kier molecular flexibility index (Phi) is 2.73. The molecule has 8 aliphatic carbocycles. The van der Waals surface area contributed by atoms with E-state index in [1.54, 1.807) is 0 Å². The average Bonchev–Trinajstić information content (AvgIpc) is 3.53. The molecule has 0 bridgehead atoms. The van der Waals surface area contributed by atoms with E-state index < -0.39 is 35.7 Å². The molecular formula is C26H32F6O2. The number of aliphatic hydroxyl groups is 2. The first-order valence-corrected chi connectivity index (χ1v) is 12.7. The van der Waals surface area contributed by atoms with Crippen LogP contribution in [0.25, 0.3) is 0 Å². The summed E-state index contributed by atoms with van der Waals surface area (Å²) in [6.45, 7) is 13.1. The van der Waals surface area contributed by atoms with Crippen molar-refractivity contribution in [2.45, 2.75) is 84.9 Å². The monoisotopic (exact) mass is 490 g/mol. The largest absolute Gasteiger partial charge is 0.426 e. The van der Waals surface area contributed by atoms with Crippen LogP contribution >= 0.6 is 0 Å². The van der Waals surface area contributed by atoms with E-state index in [4.69, 9.17) is 0 Å². The Bertz CT molecular complexity index is 1110. The molecule has 0 amide bonds. The van der Waals surface area contributed by atoms with Gasteiger partial charge in [0.25, 0.3) is 5.60 Å². The first-order valence-electron chi connectivity index (χ1n) is 12.7. The summed E-state index contributed by atoms with van der Waals surface area (Å²) in [6.07, 6.45) is -12.0. The summed E-state index contributed by atoms with van der Waals surface area (Å²) in [6, 6.07) is 0. The molecule has 34 heavy (non-hydrogen) atoms. The van der Waals surface area contributed by atoms with Crippen LogP contribution in [0.2, 0.25) is 0 Å². The van der Waals surface area contributed by atoms with Gasteiger partial charge in [0, 0.05) is 5.41 Å². The highest BCUT2D eigenvalue weighted by Gasteiger charge is 3.20. The number of aliphatic hydroxyl groups excluding tert-OH is 1. The Balaban J connectivity index is 1.16. The van der Waals surface area contributed by atoms with E-state index in [2.05, 4.69) is 27.7 Å². The average molecular weight is 491 g/mol. The molecule has 0 saturated heterocycles. The number of fused-ring (bicyclic) bond motifs is 2. The fraction of sp³-hybridized carbons (Fsp3) is 1.00. The lowest BCUT2D eigenvalue weighted by Gasteiger charge is -2.59. The third-order valence-corrected chi connectivity index (χ3v) is 15.5. The van der Waals surface area contributed by atoms with E-state index in [0.717, 1.165) is 6.42 Å². The predicted octanol–water partition coefficient (Wildman–Crippen LogP) is 5.57. The second-order valence-electron chi connectivity index (χ2n) is 15.1. The number of hydrogen-bond acceptors (Lipinski definition) is 2. The van der Waals surface area contributed by atoms with E-state index in [1.165, 1.54) is 0 Å². The van der Waals surface area contributed by atoms with Crippen molar-refractivity contribution in [2.24, 2.45) is 72.9 Å². The van der Waals surface area contributed by atoms with Gasteiger partial charge in [-0.1, -0.05) is 41.5 Å². The van der Waals surface area contributed by atoms with Crippen LogP contribution in [0.1, 0.15) is 60.8 Å². The molecule has 0 radical (unpaired) electrons. The molecule has 8 aliphatic rings. The summed E-state index contributed by atoms with van der Waals surface area (Å²) >= 11 is 0. The van der Waals surface area contributed by atoms with Gasteiger partial charge in [-0.05, 0) is 86.8 Å². The molecule has 8 heteroatoms. The highest BCUT2D eigenvalue weighted by molar-refractivity contribution is 5.66. The second-order valence-corrected chi connectivity index (χ2v) is 15.1. The second kappa shape index (κ2) is 4.31. The van der Waals surface area contributed by atoms with Gasteiger partial charge in [-0.25, -0.2) is 0 Å². The van der Waals surface area contributed by atoms with Crippen molar-refractivity contribution in [1.82, 2.24) is 0 Å². The van der Waals surface area contributed by atoms with Gasteiger partial charge in [0.05, 0.1) is 6.10 Å². The molecule has 0 aliphatic heterocycles. The first kappa shape index (κ1) is 21.6. The lowest BCUT2D eigenvalue weighted by Crippen LogP contribution is -2.62. The van der Waals surface area contributed by atoms with Gasteiger partial charge in [0.15, 0.2) is 0 Å². The minimum absolute atomic E-state index is 0.0889. The Hall–Kier alpha value is -0.500. The van der Waals surface area contributed by atoms with E-state index in [0.29, 0.717) is 24.2 Å². The fourth-order valence-corrected chi connectivity index (χ4v) is 15.0. The maximum absolute atomic E-state index is 13.5. The predicted molar refractivity (Wildman–Crippen MR) is 108 cm³/mol. The summed E-state index contributed by atoms with van der Waals surface area (Å²) in [5.74, 6) is 0.638. The summed E-state index contributed by atoms with van der Waals surface area (Å²) in [5, 5.41) is 21.0. The van der Waals surface area contributed by atoms with Crippen molar-refractivity contribution >= 4 is 0 Å². The lowest BCUT2D eigenvalue weighted by atomic mass is 9.45. The van der Waals surface area contributed by atoms with Gasteiger partial charge in [0.2, 0.25) is 0 Å². The van der Waals surface area contributed by atoms with Crippen LogP contribution in [-0.2, 0) is 0 Å². The topological polar surface area (TPSA) is 40.5 Å². The minimum atomic E-state index is -5.76. The normalized spacial score (nSPS) is 65.8. The standard InChI is InChI=1S/C26H32F6O2/c1-16(2)12-15-19(6,24(15)11(33)9-20(12,16)24)18(5)14-13-17(3,4)23(13)10(7-21(14,18)23)8-22(34,25(27,28)29)26(30,31)32/h10-15,33-34H,7-9H2,1-6H3. The third-order valence-electron chi connectivity index (χ3n) is 15.5. The minimum Gasteiger partial charge on any atom is -0.392 e. The number of alkyl halides is 6. The number of hydrogen-bond donors (Lipinski definition) is 2. The van der Waals surface area contributed by atoms with Crippen LogP contribution in [0.4, 0.5) is 26.3 Å². The van der Waals surface area contributed by atoms with Crippen molar-refractivity contribution in [3.05, 3.63) is 0 Å². The quantitative estimate of drug-likeness (QED) is 0.508. The smallest absolute Gasteiger partial charge is 0.392 e. The molecule has 12 unspecified atom stereocenters. The number of rotatable bonds is 3. The molecule has 2 nitrogen and oxygen atoms in total. The third kappa shape index (κ3) is 1.21. The van der Waals surface area contributed by atoms with Crippen LogP contribution in [0, 0.1) is 72.9 Å². The highest BCUT2D eigenvalue weighted by Crippen LogP contribution is 3.22. The molecule has 2 N–H and O–H groups in total. The van der Waals surface area contributed by atoms with Crippen LogP contribution in [-0.4, -0.2) is 34.3 Å². The van der Waals surface area contributed by atoms with E-state index in [-0.39, 0.29) is 49.9 Å². The highest BCUT2D eigenvalue weighted by atomic mass is 19.4. The molecule has 8 fully saturated rings. The zero-order valence-electron chi connectivity index (χ0n) is 20.2. The van der Waals surface area contributed by atoms with Crippen molar-refractivity contribution in [3.63, 3.8) is 0 Å². The molecule has 0 aromatic carbocycles. The molecule has 12 atom stereocenters. The molecule has 8 rings (SSSR count). The van der Waals surface area contributed by atoms with Crippen LogP contribution < -0.4 is 0 Å². The van der Waals surface area contributed by atoms with Crippen molar-refractivity contribution in [1.29, 1.82) is 0 Å². The molecule has 190 valence electrons. The van der Waals surface area contributed by atoms with E-state index >= 15 is 0 Å². The summed E-state index contributed by atoms with van der Waals surface area (Å²) in [4.78, 5) is 0. The van der Waals surface area contributed by atoms with Crippen LogP contribution in [0.5, 0.6) is 0 Å². The van der Waals surface area contributed by atoms with Gasteiger partial charge in [-0.15, -0.1) is 0 Å². The Morgan fingerprint density at radius 2 is 1.24 bits per heavy atom. The van der Waals surface area contributed by atoms with E-state index in [9.17, 15) is 36.6 Å². The zero-order valence-corrected chi connectivity index (χ0v) is 20.2. The summed E-state index contributed by atoms with van der Waals surface area (Å²) in [5.41, 5.74) is -5.68. The Morgan fingerprint density at radius 3 is 1.71 bits per heavy atom. The van der Waals surface area contributed by atoms with Gasteiger partial charge in [-0.2, -0.15) is 26.3 Å². The lowest BCUT2D eigenvalue weighted by molar-refractivity contribution is -0.378. The van der Waals surface area contributed by atoms with Gasteiger partial charge in [-0.3, -0.25) is 0 Å². The Labute approximate surface area is 194 Å². The maximum atomic E-state index is 13.5.